The zero-order valence-electron chi connectivity index (χ0n) is 10.4. The van der Waals surface area contributed by atoms with Gasteiger partial charge in [0.2, 0.25) is 0 Å². The molecule has 0 saturated carbocycles. The van der Waals surface area contributed by atoms with E-state index in [1.165, 1.54) is 16.0 Å². The minimum absolute atomic E-state index is 0.968. The van der Waals surface area contributed by atoms with Gasteiger partial charge in [-0.15, -0.1) is 0 Å². The molecule has 1 nitrogen and oxygen atoms in total. The predicted octanol–water partition coefficient (Wildman–Crippen LogP) is 4.02. The molecule has 16 heavy (non-hydrogen) atoms. The molecule has 0 fully saturated rings. The van der Waals surface area contributed by atoms with Gasteiger partial charge >= 0.3 is 0 Å². The van der Waals surface area contributed by atoms with Crippen molar-refractivity contribution in [3.63, 3.8) is 0 Å². The molecule has 0 aliphatic heterocycles. The summed E-state index contributed by atoms with van der Waals surface area (Å²) in [5.41, 5.74) is 2.59. The summed E-state index contributed by atoms with van der Waals surface area (Å²) in [6.07, 6.45) is 0. The van der Waals surface area contributed by atoms with E-state index in [2.05, 4.69) is 50.8 Å². The molecule has 0 heterocycles. The number of thiocarbonyl (C=S) groups is 1. The monoisotopic (exact) mass is 253 g/mol. The molecule has 0 aliphatic carbocycles. The third-order valence-corrected chi connectivity index (χ3v) is 3.83. The van der Waals surface area contributed by atoms with Gasteiger partial charge in [-0.05, 0) is 51.0 Å². The molecule has 3 heteroatoms. The van der Waals surface area contributed by atoms with Crippen molar-refractivity contribution in [1.29, 1.82) is 0 Å². The summed E-state index contributed by atoms with van der Waals surface area (Å²) in [7, 11) is 0. The van der Waals surface area contributed by atoms with E-state index in [0.29, 0.717) is 0 Å². The highest BCUT2D eigenvalue weighted by Gasteiger charge is 2.07. The Labute approximate surface area is 108 Å². The Morgan fingerprint density at radius 2 is 1.62 bits per heavy atom. The second-order valence-electron chi connectivity index (χ2n) is 3.86. The first-order valence-corrected chi connectivity index (χ1v) is 6.84. The largest absolute Gasteiger partial charge is 0.358 e. The molecule has 0 unspecified atom stereocenters. The molecule has 0 aromatic heterocycles. The Morgan fingerprint density at radius 1 is 1.12 bits per heavy atom. The molecule has 1 aromatic carbocycles. The van der Waals surface area contributed by atoms with Gasteiger partial charge in [0.25, 0.3) is 0 Å². The van der Waals surface area contributed by atoms with Crippen LogP contribution < -0.4 is 0 Å². The average Bonchev–Trinajstić information content (AvgIpc) is 2.17. The highest BCUT2D eigenvalue weighted by molar-refractivity contribution is 8.22. The van der Waals surface area contributed by atoms with Crippen molar-refractivity contribution in [2.24, 2.45) is 0 Å². The molecule has 0 saturated heterocycles. The Bertz CT molecular complexity index is 350. The van der Waals surface area contributed by atoms with Crippen molar-refractivity contribution < 1.29 is 0 Å². The number of hydrogen-bond donors (Lipinski definition) is 0. The Balaban J connectivity index is 2.76. The fraction of sp³-hybridized carbons (Fsp3) is 0.462. The molecule has 1 rings (SSSR count). The molecule has 0 N–H and O–H groups in total. The summed E-state index contributed by atoms with van der Waals surface area (Å²) in [5, 5.41) is 0. The van der Waals surface area contributed by atoms with Crippen LogP contribution in [-0.2, 0) is 0 Å². The van der Waals surface area contributed by atoms with Crippen molar-refractivity contribution in [3.8, 4) is 0 Å². The number of benzene rings is 1. The molecular formula is C13H19NS2. The summed E-state index contributed by atoms with van der Waals surface area (Å²) in [6, 6.07) is 6.56. The van der Waals surface area contributed by atoms with Gasteiger partial charge in [-0.1, -0.05) is 30.0 Å². The first-order valence-electron chi connectivity index (χ1n) is 5.61. The summed E-state index contributed by atoms with van der Waals surface area (Å²) >= 11 is 7.12. The third-order valence-electron chi connectivity index (χ3n) is 2.42. The van der Waals surface area contributed by atoms with Gasteiger partial charge in [-0.2, -0.15) is 0 Å². The van der Waals surface area contributed by atoms with Crippen molar-refractivity contribution in [2.45, 2.75) is 32.6 Å². The lowest BCUT2D eigenvalue weighted by molar-refractivity contribution is 0.482. The first kappa shape index (κ1) is 13.5. The number of aryl methyl sites for hydroxylation is 2. The average molecular weight is 253 g/mol. The van der Waals surface area contributed by atoms with E-state index in [9.17, 15) is 0 Å². The zero-order valence-corrected chi connectivity index (χ0v) is 12.0. The lowest BCUT2D eigenvalue weighted by Gasteiger charge is -2.21. The molecule has 0 bridgehead atoms. The van der Waals surface area contributed by atoms with E-state index in [1.54, 1.807) is 11.8 Å². The third kappa shape index (κ3) is 3.80. The molecular weight excluding hydrogens is 234 g/mol. The Hall–Kier alpha value is -0.540. The van der Waals surface area contributed by atoms with Crippen LogP contribution in [0.1, 0.15) is 25.0 Å². The molecule has 1 aromatic rings. The van der Waals surface area contributed by atoms with Crippen LogP contribution in [0.15, 0.2) is 23.1 Å². The van der Waals surface area contributed by atoms with Crippen LogP contribution in [0.2, 0.25) is 0 Å². The van der Waals surface area contributed by atoms with Gasteiger partial charge in [0.05, 0.1) is 0 Å². The van der Waals surface area contributed by atoms with Gasteiger partial charge < -0.3 is 4.90 Å². The summed E-state index contributed by atoms with van der Waals surface area (Å²) < 4.78 is 0.968. The second kappa shape index (κ2) is 6.26. The summed E-state index contributed by atoms with van der Waals surface area (Å²) in [5.74, 6) is 0. The van der Waals surface area contributed by atoms with E-state index in [1.807, 2.05) is 0 Å². The van der Waals surface area contributed by atoms with Crippen LogP contribution in [0.5, 0.6) is 0 Å². The Kier molecular flexibility index (Phi) is 5.29. The van der Waals surface area contributed by atoms with Crippen LogP contribution in [0.3, 0.4) is 0 Å². The van der Waals surface area contributed by atoms with Crippen LogP contribution >= 0.6 is 24.0 Å². The van der Waals surface area contributed by atoms with Crippen molar-refractivity contribution in [2.75, 3.05) is 13.1 Å². The minimum atomic E-state index is 0.968. The van der Waals surface area contributed by atoms with Gasteiger partial charge in [0.15, 0.2) is 0 Å². The number of rotatable bonds is 3. The minimum Gasteiger partial charge on any atom is -0.358 e. The van der Waals surface area contributed by atoms with E-state index >= 15 is 0 Å². The SMILES string of the molecule is CCN(CC)C(=S)Sc1cc(C)cc(C)c1. The highest BCUT2D eigenvalue weighted by atomic mass is 32.2. The zero-order chi connectivity index (χ0) is 12.1. The maximum atomic E-state index is 5.43. The van der Waals surface area contributed by atoms with Crippen molar-refractivity contribution in [1.82, 2.24) is 4.90 Å². The summed E-state index contributed by atoms with van der Waals surface area (Å²) in [6.45, 7) is 10.5. The van der Waals surface area contributed by atoms with Gasteiger partial charge in [0, 0.05) is 18.0 Å². The summed E-state index contributed by atoms with van der Waals surface area (Å²) in [4.78, 5) is 3.45. The second-order valence-corrected chi connectivity index (χ2v) is 5.57. The van der Waals surface area contributed by atoms with Crippen molar-refractivity contribution >= 4 is 28.3 Å². The van der Waals surface area contributed by atoms with E-state index in [0.717, 1.165) is 17.4 Å². The number of hydrogen-bond acceptors (Lipinski definition) is 2. The van der Waals surface area contributed by atoms with Crippen molar-refractivity contribution in [3.05, 3.63) is 29.3 Å². The van der Waals surface area contributed by atoms with Crippen LogP contribution in [0.4, 0.5) is 0 Å². The number of nitrogens with zero attached hydrogens (tertiary/aromatic N) is 1. The van der Waals surface area contributed by atoms with Gasteiger partial charge in [-0.25, -0.2) is 0 Å². The highest BCUT2D eigenvalue weighted by Crippen LogP contribution is 2.24. The molecule has 88 valence electrons. The van der Waals surface area contributed by atoms with Crippen LogP contribution in [-0.4, -0.2) is 22.3 Å². The van der Waals surface area contributed by atoms with E-state index in [-0.39, 0.29) is 0 Å². The Morgan fingerprint density at radius 3 is 2.06 bits per heavy atom. The lowest BCUT2D eigenvalue weighted by atomic mass is 10.2. The fourth-order valence-corrected chi connectivity index (χ4v) is 3.26. The topological polar surface area (TPSA) is 3.24 Å². The standard InChI is InChI=1S/C13H19NS2/c1-5-14(6-2)13(15)16-12-8-10(3)7-11(4)9-12/h7-9H,5-6H2,1-4H3. The van der Waals surface area contributed by atoms with Gasteiger partial charge in [-0.3, -0.25) is 0 Å². The van der Waals surface area contributed by atoms with Crippen LogP contribution in [0.25, 0.3) is 0 Å². The molecule has 0 amide bonds. The van der Waals surface area contributed by atoms with E-state index < -0.39 is 0 Å². The van der Waals surface area contributed by atoms with E-state index in [4.69, 9.17) is 12.2 Å². The van der Waals surface area contributed by atoms with Crippen LogP contribution in [0, 0.1) is 13.8 Å². The molecule has 0 radical (unpaired) electrons. The van der Waals surface area contributed by atoms with Gasteiger partial charge in [0.1, 0.15) is 4.32 Å². The molecule has 0 atom stereocenters. The molecule has 0 spiro atoms. The normalized spacial score (nSPS) is 10.2. The molecule has 0 aliphatic rings. The predicted molar refractivity (Wildman–Crippen MR) is 77.3 cm³/mol. The maximum absolute atomic E-state index is 5.43. The fourth-order valence-electron chi connectivity index (χ4n) is 1.64. The lowest BCUT2D eigenvalue weighted by Crippen LogP contribution is -2.26. The maximum Gasteiger partial charge on any atom is 0.141 e. The quantitative estimate of drug-likeness (QED) is 0.591. The smallest absolute Gasteiger partial charge is 0.141 e. The first-order chi connectivity index (χ1) is 7.56. The number of thioether (sulfide) groups is 1.